The number of hydrogen-bond donors (Lipinski definition) is 0. The van der Waals surface area contributed by atoms with Crippen molar-refractivity contribution in [1.82, 2.24) is 0 Å². The van der Waals surface area contributed by atoms with E-state index < -0.39 is 5.97 Å². The van der Waals surface area contributed by atoms with E-state index in [-0.39, 0.29) is 17.6 Å². The number of halogens is 1. The van der Waals surface area contributed by atoms with Gasteiger partial charge in [0.25, 0.3) is 0 Å². The minimum Gasteiger partial charge on any atom is -0.426 e. The second-order valence-electron chi connectivity index (χ2n) is 6.13. The third kappa shape index (κ3) is 4.09. The van der Waals surface area contributed by atoms with Crippen molar-refractivity contribution in [2.24, 2.45) is 4.99 Å². The van der Waals surface area contributed by atoms with Crippen molar-refractivity contribution in [3.8, 4) is 5.75 Å². The maximum atomic E-state index is 12.2. The van der Waals surface area contributed by atoms with Crippen molar-refractivity contribution in [2.75, 3.05) is 0 Å². The highest BCUT2D eigenvalue weighted by molar-refractivity contribution is 6.34. The molecular weight excluding hydrogens is 366 g/mol. The van der Waals surface area contributed by atoms with Gasteiger partial charge < -0.3 is 9.47 Å². The van der Waals surface area contributed by atoms with E-state index in [1.807, 2.05) is 26.0 Å². The third-order valence-corrected chi connectivity index (χ3v) is 4.34. The zero-order chi connectivity index (χ0) is 19.6. The molecule has 3 rings (SSSR count). The van der Waals surface area contributed by atoms with Crippen molar-refractivity contribution < 1.29 is 19.1 Å². The molecule has 0 saturated carbocycles. The van der Waals surface area contributed by atoms with Gasteiger partial charge in [-0.1, -0.05) is 30.7 Å². The zero-order valence-corrected chi connectivity index (χ0v) is 16.0. The molecule has 0 spiro atoms. The van der Waals surface area contributed by atoms with Crippen LogP contribution in [0, 0.1) is 13.8 Å². The number of esters is 2. The molecule has 138 valence electrons. The maximum absolute atomic E-state index is 12.2. The molecule has 27 heavy (non-hydrogen) atoms. The smallest absolute Gasteiger partial charge is 0.363 e. The maximum Gasteiger partial charge on any atom is 0.363 e. The minimum atomic E-state index is -0.540. The molecule has 0 atom stereocenters. The van der Waals surface area contributed by atoms with Crippen LogP contribution in [0.25, 0.3) is 6.08 Å². The van der Waals surface area contributed by atoms with Crippen LogP contribution < -0.4 is 4.74 Å². The van der Waals surface area contributed by atoms with Gasteiger partial charge in [0.1, 0.15) is 5.75 Å². The molecule has 0 radical (unpaired) electrons. The summed E-state index contributed by atoms with van der Waals surface area (Å²) in [6, 6.07) is 10.7. The van der Waals surface area contributed by atoms with Gasteiger partial charge in [-0.3, -0.25) is 4.79 Å². The van der Waals surface area contributed by atoms with Crippen LogP contribution in [-0.2, 0) is 14.3 Å². The Kier molecular flexibility index (Phi) is 5.42. The van der Waals surface area contributed by atoms with Gasteiger partial charge in [0.15, 0.2) is 5.70 Å². The summed E-state index contributed by atoms with van der Waals surface area (Å²) in [6.45, 7) is 5.43. The standard InChI is InChI=1S/C21H18ClNO4/c1-4-18(24)26-19-12(2)9-14(10-13(19)3)11-17-21(25)27-20(23-17)15-7-5-6-8-16(15)22/h5-11H,4H2,1-3H3/b17-11-. The lowest BCUT2D eigenvalue weighted by Gasteiger charge is -2.11. The van der Waals surface area contributed by atoms with E-state index in [2.05, 4.69) is 4.99 Å². The molecule has 0 amide bonds. The average Bonchev–Trinajstić information content (AvgIpc) is 2.98. The predicted octanol–water partition coefficient (Wildman–Crippen LogP) is 4.62. The number of rotatable bonds is 4. The van der Waals surface area contributed by atoms with Crippen molar-refractivity contribution in [1.29, 1.82) is 0 Å². The Morgan fingerprint density at radius 1 is 1.22 bits per heavy atom. The number of benzene rings is 2. The van der Waals surface area contributed by atoms with E-state index >= 15 is 0 Å². The van der Waals surface area contributed by atoms with Gasteiger partial charge in [0.05, 0.1) is 10.6 Å². The third-order valence-electron chi connectivity index (χ3n) is 4.02. The number of nitrogens with zero attached hydrogens (tertiary/aromatic N) is 1. The summed E-state index contributed by atoms with van der Waals surface area (Å²) in [7, 11) is 0. The molecule has 0 bridgehead atoms. The fourth-order valence-electron chi connectivity index (χ4n) is 2.73. The molecule has 2 aromatic carbocycles. The van der Waals surface area contributed by atoms with Crippen molar-refractivity contribution >= 4 is 35.5 Å². The molecule has 0 saturated heterocycles. The van der Waals surface area contributed by atoms with Gasteiger partial charge in [-0.25, -0.2) is 9.79 Å². The second-order valence-corrected chi connectivity index (χ2v) is 6.53. The molecule has 1 aliphatic rings. The Labute approximate surface area is 162 Å². The Morgan fingerprint density at radius 2 is 1.89 bits per heavy atom. The van der Waals surface area contributed by atoms with Crippen LogP contribution in [0.5, 0.6) is 5.75 Å². The second kappa shape index (κ2) is 7.76. The van der Waals surface area contributed by atoms with E-state index in [4.69, 9.17) is 21.1 Å². The quantitative estimate of drug-likeness (QED) is 0.439. The normalized spacial score (nSPS) is 14.9. The van der Waals surface area contributed by atoms with Gasteiger partial charge in [-0.15, -0.1) is 0 Å². The number of carbonyl (C=O) groups is 2. The van der Waals surface area contributed by atoms with E-state index in [0.29, 0.717) is 22.8 Å². The van der Waals surface area contributed by atoms with E-state index in [1.54, 1.807) is 37.3 Å². The first kappa shape index (κ1) is 18.9. The summed E-state index contributed by atoms with van der Waals surface area (Å²) in [5.41, 5.74) is 3.10. The van der Waals surface area contributed by atoms with Crippen molar-refractivity contribution in [2.45, 2.75) is 27.2 Å². The van der Waals surface area contributed by atoms with Crippen LogP contribution >= 0.6 is 11.6 Å². The molecule has 0 N–H and O–H groups in total. The highest BCUT2D eigenvalue weighted by Crippen LogP contribution is 2.28. The van der Waals surface area contributed by atoms with Crippen LogP contribution in [0.1, 0.15) is 35.6 Å². The Bertz CT molecular complexity index is 968. The van der Waals surface area contributed by atoms with Gasteiger partial charge >= 0.3 is 11.9 Å². The number of carbonyl (C=O) groups excluding carboxylic acids is 2. The molecule has 0 fully saturated rings. The number of hydrogen-bond acceptors (Lipinski definition) is 5. The van der Waals surface area contributed by atoms with Gasteiger partial charge in [0.2, 0.25) is 5.90 Å². The first-order chi connectivity index (χ1) is 12.9. The van der Waals surface area contributed by atoms with E-state index in [9.17, 15) is 9.59 Å². The van der Waals surface area contributed by atoms with Crippen LogP contribution in [-0.4, -0.2) is 17.8 Å². The summed E-state index contributed by atoms with van der Waals surface area (Å²) in [5.74, 6) is -0.112. The largest absolute Gasteiger partial charge is 0.426 e. The van der Waals surface area contributed by atoms with E-state index in [1.165, 1.54) is 0 Å². The Hall–Kier alpha value is -2.92. The number of aliphatic imine (C=N–C) groups is 1. The summed E-state index contributed by atoms with van der Waals surface area (Å²) >= 11 is 6.14. The van der Waals surface area contributed by atoms with Gasteiger partial charge in [-0.05, 0) is 60.9 Å². The van der Waals surface area contributed by atoms with E-state index in [0.717, 1.165) is 16.7 Å². The lowest BCUT2D eigenvalue weighted by Crippen LogP contribution is -2.08. The molecule has 0 aliphatic carbocycles. The molecule has 1 heterocycles. The van der Waals surface area contributed by atoms with Crippen molar-refractivity contribution in [3.63, 3.8) is 0 Å². The lowest BCUT2D eigenvalue weighted by molar-refractivity contribution is -0.134. The zero-order valence-electron chi connectivity index (χ0n) is 15.2. The van der Waals surface area contributed by atoms with Gasteiger partial charge in [-0.2, -0.15) is 0 Å². The number of aryl methyl sites for hydroxylation is 2. The number of ether oxygens (including phenoxy) is 2. The highest BCUT2D eigenvalue weighted by Gasteiger charge is 2.25. The minimum absolute atomic E-state index is 0.179. The lowest BCUT2D eigenvalue weighted by atomic mass is 10.0. The molecule has 0 aromatic heterocycles. The van der Waals surface area contributed by atoms with Crippen LogP contribution in [0.2, 0.25) is 5.02 Å². The molecule has 2 aromatic rings. The first-order valence-electron chi connectivity index (χ1n) is 8.48. The monoisotopic (exact) mass is 383 g/mol. The topological polar surface area (TPSA) is 65.0 Å². The predicted molar refractivity (Wildman–Crippen MR) is 104 cm³/mol. The number of cyclic esters (lactones) is 1. The molecule has 5 nitrogen and oxygen atoms in total. The van der Waals surface area contributed by atoms with Crippen LogP contribution in [0.4, 0.5) is 0 Å². The summed E-state index contributed by atoms with van der Waals surface area (Å²) in [5, 5.41) is 0.457. The SMILES string of the molecule is CCC(=O)Oc1c(C)cc(/C=C2\N=C(c3ccccc3Cl)OC2=O)cc1C. The fraction of sp³-hybridized carbons (Fsp3) is 0.190. The van der Waals surface area contributed by atoms with Gasteiger partial charge in [0, 0.05) is 6.42 Å². The highest BCUT2D eigenvalue weighted by atomic mass is 35.5. The molecule has 6 heteroatoms. The van der Waals surface area contributed by atoms with Crippen LogP contribution in [0.3, 0.4) is 0 Å². The summed E-state index contributed by atoms with van der Waals surface area (Å²) in [4.78, 5) is 28.0. The Balaban J connectivity index is 1.93. The van der Waals surface area contributed by atoms with Crippen LogP contribution in [0.15, 0.2) is 47.1 Å². The Morgan fingerprint density at radius 3 is 2.52 bits per heavy atom. The first-order valence-corrected chi connectivity index (χ1v) is 8.86. The summed E-state index contributed by atoms with van der Waals surface area (Å²) < 4.78 is 10.6. The molecular formula is C21H18ClNO4. The average molecular weight is 384 g/mol. The molecule has 1 aliphatic heterocycles. The summed E-state index contributed by atoms with van der Waals surface area (Å²) in [6.07, 6.45) is 1.94. The fourth-order valence-corrected chi connectivity index (χ4v) is 2.95. The van der Waals surface area contributed by atoms with Crippen molar-refractivity contribution in [3.05, 3.63) is 69.4 Å². The molecule has 0 unspecified atom stereocenters.